The van der Waals surface area contributed by atoms with Gasteiger partial charge in [0.1, 0.15) is 23.8 Å². The summed E-state index contributed by atoms with van der Waals surface area (Å²) >= 11 is 0. The number of nitrogens with zero attached hydrogens (tertiary/aromatic N) is 3. The van der Waals surface area contributed by atoms with E-state index in [1.807, 2.05) is 14.0 Å². The molecule has 0 amide bonds. The Hall–Kier alpha value is -1.82. The van der Waals surface area contributed by atoms with Crippen LogP contribution in [-0.2, 0) is 13.6 Å². The monoisotopic (exact) mass is 252 g/mol. The van der Waals surface area contributed by atoms with E-state index >= 15 is 0 Å². The maximum Gasteiger partial charge on any atom is 0.146 e. The van der Waals surface area contributed by atoms with Crippen LogP contribution >= 0.6 is 0 Å². The fourth-order valence-electron chi connectivity index (χ4n) is 1.67. The molecule has 1 aromatic carbocycles. The maximum absolute atomic E-state index is 13.5. The first-order chi connectivity index (χ1) is 8.58. The van der Waals surface area contributed by atoms with Gasteiger partial charge in [0.15, 0.2) is 0 Å². The molecule has 6 heteroatoms. The van der Waals surface area contributed by atoms with Crippen molar-refractivity contribution in [3.63, 3.8) is 0 Å². The normalized spacial score (nSPS) is 12.7. The minimum atomic E-state index is -0.572. The molecule has 0 aliphatic heterocycles. The molecule has 1 aromatic heterocycles. The van der Waals surface area contributed by atoms with Gasteiger partial charge in [-0.3, -0.25) is 0 Å². The average molecular weight is 252 g/mol. The molecule has 0 saturated carbocycles. The van der Waals surface area contributed by atoms with Crippen molar-refractivity contribution >= 4 is 0 Å². The van der Waals surface area contributed by atoms with Crippen LogP contribution in [0.5, 0.6) is 0 Å². The summed E-state index contributed by atoms with van der Waals surface area (Å²) in [5.41, 5.74) is 0.429. The summed E-state index contributed by atoms with van der Waals surface area (Å²) in [4.78, 5) is 0. The Morgan fingerprint density at radius 1 is 1.39 bits per heavy atom. The molecule has 0 fully saturated rings. The molecule has 2 aromatic rings. The Kier molecular flexibility index (Phi) is 3.66. The highest BCUT2D eigenvalue weighted by Gasteiger charge is 2.12. The van der Waals surface area contributed by atoms with E-state index in [4.69, 9.17) is 0 Å². The van der Waals surface area contributed by atoms with E-state index in [1.54, 1.807) is 10.9 Å². The van der Waals surface area contributed by atoms with Gasteiger partial charge < -0.3 is 9.88 Å². The van der Waals surface area contributed by atoms with Crippen molar-refractivity contribution in [2.45, 2.75) is 19.5 Å². The lowest BCUT2D eigenvalue weighted by Gasteiger charge is -2.14. The predicted molar refractivity (Wildman–Crippen MR) is 62.6 cm³/mol. The molecule has 0 aliphatic rings. The molecule has 1 unspecified atom stereocenters. The fourth-order valence-corrected chi connectivity index (χ4v) is 1.67. The Bertz CT molecular complexity index is 539. The molecule has 18 heavy (non-hydrogen) atoms. The lowest BCUT2D eigenvalue weighted by atomic mass is 10.1. The third kappa shape index (κ3) is 2.70. The van der Waals surface area contributed by atoms with Gasteiger partial charge in [0.05, 0.1) is 6.54 Å². The standard InChI is InChI=1S/C12H14F2N4/c1-8(10-4-3-9(13)5-11(10)14)15-6-12-17-16-7-18(12)2/h3-5,7-8,15H,6H2,1-2H3. The van der Waals surface area contributed by atoms with Gasteiger partial charge in [-0.25, -0.2) is 8.78 Å². The van der Waals surface area contributed by atoms with Crippen LogP contribution in [0.15, 0.2) is 24.5 Å². The van der Waals surface area contributed by atoms with Gasteiger partial charge in [-0.1, -0.05) is 6.07 Å². The highest BCUT2D eigenvalue weighted by atomic mass is 19.1. The Labute approximate surface area is 104 Å². The summed E-state index contributed by atoms with van der Waals surface area (Å²) < 4.78 is 28.1. The van der Waals surface area contributed by atoms with Crippen LogP contribution in [0.3, 0.4) is 0 Å². The summed E-state index contributed by atoms with van der Waals surface area (Å²) in [5, 5.41) is 10.8. The number of hydrogen-bond acceptors (Lipinski definition) is 3. The third-order valence-corrected chi connectivity index (χ3v) is 2.80. The van der Waals surface area contributed by atoms with Crippen LogP contribution in [0.25, 0.3) is 0 Å². The molecule has 0 aliphatic carbocycles. The zero-order chi connectivity index (χ0) is 13.1. The van der Waals surface area contributed by atoms with Crippen LogP contribution in [0.1, 0.15) is 24.4 Å². The second-order valence-corrected chi connectivity index (χ2v) is 4.13. The second kappa shape index (κ2) is 5.22. The smallest absolute Gasteiger partial charge is 0.146 e. The van der Waals surface area contributed by atoms with E-state index in [9.17, 15) is 8.78 Å². The minimum absolute atomic E-state index is 0.234. The lowest BCUT2D eigenvalue weighted by Crippen LogP contribution is -2.21. The van der Waals surface area contributed by atoms with E-state index in [-0.39, 0.29) is 6.04 Å². The van der Waals surface area contributed by atoms with Gasteiger partial charge in [0.2, 0.25) is 0 Å². The SMILES string of the molecule is CC(NCc1nncn1C)c1ccc(F)cc1F. The number of hydrogen-bond donors (Lipinski definition) is 1. The van der Waals surface area contributed by atoms with Gasteiger partial charge in [-0.2, -0.15) is 0 Å². The molecule has 4 nitrogen and oxygen atoms in total. The number of benzene rings is 1. The molecule has 1 N–H and O–H groups in total. The van der Waals surface area contributed by atoms with Crippen molar-refractivity contribution < 1.29 is 8.78 Å². The highest BCUT2D eigenvalue weighted by Crippen LogP contribution is 2.17. The van der Waals surface area contributed by atoms with Crippen LogP contribution < -0.4 is 5.32 Å². The quantitative estimate of drug-likeness (QED) is 0.904. The van der Waals surface area contributed by atoms with Gasteiger partial charge in [-0.05, 0) is 13.0 Å². The molecule has 0 saturated heterocycles. The Balaban J connectivity index is 2.03. The van der Waals surface area contributed by atoms with Gasteiger partial charge >= 0.3 is 0 Å². The Morgan fingerprint density at radius 2 is 2.17 bits per heavy atom. The van der Waals surface area contributed by atoms with Gasteiger partial charge in [-0.15, -0.1) is 10.2 Å². The number of rotatable bonds is 4. The van der Waals surface area contributed by atoms with E-state index in [0.29, 0.717) is 12.1 Å². The van der Waals surface area contributed by atoms with Crippen molar-refractivity contribution in [1.82, 2.24) is 20.1 Å². The number of aryl methyl sites for hydroxylation is 1. The maximum atomic E-state index is 13.5. The number of aromatic nitrogens is 3. The minimum Gasteiger partial charge on any atom is -0.320 e. The fraction of sp³-hybridized carbons (Fsp3) is 0.333. The first-order valence-electron chi connectivity index (χ1n) is 5.59. The van der Waals surface area contributed by atoms with Crippen LogP contribution in [0.4, 0.5) is 8.78 Å². The van der Waals surface area contributed by atoms with E-state index in [0.717, 1.165) is 11.9 Å². The number of halogens is 2. The van der Waals surface area contributed by atoms with Crippen LogP contribution in [0.2, 0.25) is 0 Å². The molecule has 96 valence electrons. The largest absolute Gasteiger partial charge is 0.320 e. The summed E-state index contributed by atoms with van der Waals surface area (Å²) in [7, 11) is 1.83. The summed E-state index contributed by atoms with van der Waals surface area (Å²) in [6, 6.07) is 3.34. The zero-order valence-corrected chi connectivity index (χ0v) is 10.2. The lowest BCUT2D eigenvalue weighted by molar-refractivity contribution is 0.506. The third-order valence-electron chi connectivity index (χ3n) is 2.80. The summed E-state index contributed by atoms with van der Waals surface area (Å²) in [6.45, 7) is 2.28. The van der Waals surface area contributed by atoms with E-state index < -0.39 is 11.6 Å². The molecule has 0 spiro atoms. The van der Waals surface area contributed by atoms with Crippen LogP contribution in [0, 0.1) is 11.6 Å². The molecule has 2 rings (SSSR count). The van der Waals surface area contributed by atoms with Crippen molar-refractivity contribution in [2.75, 3.05) is 0 Å². The first-order valence-corrected chi connectivity index (χ1v) is 5.59. The number of nitrogens with one attached hydrogen (secondary N) is 1. The summed E-state index contributed by atoms with van der Waals surface area (Å²) in [6.07, 6.45) is 1.60. The molecule has 0 radical (unpaired) electrons. The molecule has 1 heterocycles. The van der Waals surface area contributed by atoms with Gasteiger partial charge in [0.25, 0.3) is 0 Å². The van der Waals surface area contributed by atoms with Crippen molar-refractivity contribution in [3.8, 4) is 0 Å². The molecule has 1 atom stereocenters. The first kappa shape index (κ1) is 12.6. The van der Waals surface area contributed by atoms with Crippen molar-refractivity contribution in [2.24, 2.45) is 7.05 Å². The summed E-state index contributed by atoms with van der Waals surface area (Å²) in [5.74, 6) is -0.367. The molecule has 0 bridgehead atoms. The average Bonchev–Trinajstić information content (AvgIpc) is 2.72. The zero-order valence-electron chi connectivity index (χ0n) is 10.2. The second-order valence-electron chi connectivity index (χ2n) is 4.13. The van der Waals surface area contributed by atoms with Gasteiger partial charge in [0, 0.05) is 24.7 Å². The highest BCUT2D eigenvalue weighted by molar-refractivity contribution is 5.21. The van der Waals surface area contributed by atoms with E-state index in [1.165, 1.54) is 12.1 Å². The topological polar surface area (TPSA) is 42.7 Å². The Morgan fingerprint density at radius 3 is 2.78 bits per heavy atom. The van der Waals surface area contributed by atoms with Crippen molar-refractivity contribution in [1.29, 1.82) is 0 Å². The van der Waals surface area contributed by atoms with Crippen LogP contribution in [-0.4, -0.2) is 14.8 Å². The van der Waals surface area contributed by atoms with E-state index in [2.05, 4.69) is 15.5 Å². The molecular formula is C12H14F2N4. The van der Waals surface area contributed by atoms with Crippen molar-refractivity contribution in [3.05, 3.63) is 47.5 Å². The predicted octanol–water partition coefficient (Wildman–Crippen LogP) is 1.94. The molecular weight excluding hydrogens is 238 g/mol.